The number of fused-ring (bicyclic) bond motifs is 1. The smallest absolute Gasteiger partial charge is 0.326 e. The third-order valence-corrected chi connectivity index (χ3v) is 7.17. The third-order valence-electron chi connectivity index (χ3n) is 7.17. The van der Waals surface area contributed by atoms with Gasteiger partial charge < -0.3 is 15.0 Å². The minimum atomic E-state index is -0.989. The number of nitrogens with one attached hydrogen (secondary N) is 1. The van der Waals surface area contributed by atoms with Crippen molar-refractivity contribution in [2.75, 3.05) is 0 Å². The second-order valence-corrected chi connectivity index (χ2v) is 9.82. The van der Waals surface area contributed by atoms with E-state index in [9.17, 15) is 14.7 Å². The molecule has 1 aromatic heterocycles. The van der Waals surface area contributed by atoms with Gasteiger partial charge in [0.1, 0.15) is 11.9 Å². The Kier molecular flexibility index (Phi) is 8.32. The summed E-state index contributed by atoms with van der Waals surface area (Å²) in [5.74, 6) is 1.25. The zero-order valence-corrected chi connectivity index (χ0v) is 20.1. The van der Waals surface area contributed by atoms with Crippen molar-refractivity contribution in [2.24, 2.45) is 17.8 Å². The first-order chi connectivity index (χ1) is 15.3. The minimum absolute atomic E-state index is 0.230. The molecule has 1 aromatic carbocycles. The van der Waals surface area contributed by atoms with Crippen LogP contribution < -0.4 is 5.32 Å². The summed E-state index contributed by atoms with van der Waals surface area (Å²) in [5.41, 5.74) is 2.35. The number of nitrogens with zero attached hydrogens (tertiary/aromatic N) is 2. The van der Waals surface area contributed by atoms with Crippen molar-refractivity contribution in [2.45, 2.75) is 91.6 Å². The van der Waals surface area contributed by atoms with E-state index in [1.807, 2.05) is 26.0 Å². The van der Waals surface area contributed by atoms with Gasteiger partial charge in [-0.05, 0) is 42.4 Å². The normalized spacial score (nSPS) is 17.4. The number of rotatable bonds is 11. The number of aliphatic carboxylic acids is 1. The SMILES string of the molecule is CCC(C)CC(NC(=O)c1ccc2c(c1)nc(CC1CCCC1)n2CC(C)CC)C(=O)O. The largest absolute Gasteiger partial charge is 0.480 e. The minimum Gasteiger partial charge on any atom is -0.480 e. The van der Waals surface area contributed by atoms with E-state index in [0.717, 1.165) is 42.7 Å². The maximum Gasteiger partial charge on any atom is 0.326 e. The highest BCUT2D eigenvalue weighted by Gasteiger charge is 2.24. The van der Waals surface area contributed by atoms with Crippen LogP contribution >= 0.6 is 0 Å². The molecule has 6 nitrogen and oxygen atoms in total. The van der Waals surface area contributed by atoms with E-state index in [-0.39, 0.29) is 11.8 Å². The van der Waals surface area contributed by atoms with Crippen LogP contribution in [0.1, 0.15) is 88.8 Å². The maximum absolute atomic E-state index is 12.9. The van der Waals surface area contributed by atoms with Crippen LogP contribution in [0.5, 0.6) is 0 Å². The molecule has 1 aliphatic rings. The number of amides is 1. The predicted octanol–water partition coefficient (Wildman–Crippen LogP) is 5.43. The van der Waals surface area contributed by atoms with Gasteiger partial charge in [0.2, 0.25) is 0 Å². The van der Waals surface area contributed by atoms with Crippen molar-refractivity contribution in [3.8, 4) is 0 Å². The monoisotopic (exact) mass is 441 g/mol. The van der Waals surface area contributed by atoms with Crippen molar-refractivity contribution in [3.05, 3.63) is 29.6 Å². The van der Waals surface area contributed by atoms with Crippen molar-refractivity contribution >= 4 is 22.9 Å². The van der Waals surface area contributed by atoms with Crippen LogP contribution in [0.4, 0.5) is 0 Å². The first-order valence-electron chi connectivity index (χ1n) is 12.3. The zero-order chi connectivity index (χ0) is 23.3. The van der Waals surface area contributed by atoms with E-state index in [1.165, 1.54) is 25.7 Å². The molecule has 0 aliphatic heterocycles. The van der Waals surface area contributed by atoms with Crippen molar-refractivity contribution < 1.29 is 14.7 Å². The van der Waals surface area contributed by atoms with Crippen LogP contribution in [0.3, 0.4) is 0 Å². The molecule has 2 aromatic rings. The van der Waals surface area contributed by atoms with Gasteiger partial charge in [-0.2, -0.15) is 0 Å². The standard InChI is InChI=1S/C26H39N3O3/c1-5-17(3)13-22(26(31)32)28-25(30)20-11-12-23-21(15-20)27-24(14-19-9-7-8-10-19)29(23)16-18(4)6-2/h11-12,15,17-19,22H,5-10,13-14,16H2,1-4H3,(H,28,30)(H,31,32). The third kappa shape index (κ3) is 5.90. The fourth-order valence-corrected chi connectivity index (χ4v) is 4.63. The molecular formula is C26H39N3O3. The Hall–Kier alpha value is -2.37. The summed E-state index contributed by atoms with van der Waals surface area (Å²) in [6.45, 7) is 9.43. The molecule has 3 rings (SSSR count). The van der Waals surface area contributed by atoms with Gasteiger partial charge in [0.25, 0.3) is 5.91 Å². The molecule has 2 N–H and O–H groups in total. The lowest BCUT2D eigenvalue weighted by Crippen LogP contribution is -2.41. The quantitative estimate of drug-likeness (QED) is 0.487. The summed E-state index contributed by atoms with van der Waals surface area (Å²) < 4.78 is 2.34. The van der Waals surface area contributed by atoms with E-state index in [2.05, 4.69) is 23.7 Å². The highest BCUT2D eigenvalue weighted by molar-refractivity contribution is 5.99. The van der Waals surface area contributed by atoms with Gasteiger partial charge in [0.05, 0.1) is 11.0 Å². The summed E-state index contributed by atoms with van der Waals surface area (Å²) in [5, 5.41) is 12.2. The van der Waals surface area contributed by atoms with E-state index < -0.39 is 12.0 Å². The Labute approximate surface area is 191 Å². The molecule has 176 valence electrons. The van der Waals surface area contributed by atoms with Gasteiger partial charge in [-0.3, -0.25) is 4.79 Å². The molecule has 3 atom stereocenters. The van der Waals surface area contributed by atoms with Crippen molar-refractivity contribution in [3.63, 3.8) is 0 Å². The zero-order valence-electron chi connectivity index (χ0n) is 20.1. The van der Waals surface area contributed by atoms with Crippen LogP contribution in [0.15, 0.2) is 18.2 Å². The molecule has 1 fully saturated rings. The molecule has 1 amide bonds. The Morgan fingerprint density at radius 2 is 1.84 bits per heavy atom. The van der Waals surface area contributed by atoms with Gasteiger partial charge >= 0.3 is 5.97 Å². The number of carboxylic acid groups (broad SMARTS) is 1. The maximum atomic E-state index is 12.9. The van der Waals surface area contributed by atoms with E-state index in [4.69, 9.17) is 4.98 Å². The van der Waals surface area contributed by atoms with Gasteiger partial charge in [-0.1, -0.05) is 66.2 Å². The van der Waals surface area contributed by atoms with Crippen LogP contribution in [0.2, 0.25) is 0 Å². The molecule has 3 unspecified atom stereocenters. The average molecular weight is 442 g/mol. The first kappa shape index (κ1) is 24.3. The molecule has 1 saturated carbocycles. The molecule has 0 spiro atoms. The Bertz CT molecular complexity index is 930. The van der Waals surface area contributed by atoms with E-state index in [0.29, 0.717) is 23.8 Å². The highest BCUT2D eigenvalue weighted by Crippen LogP contribution is 2.30. The predicted molar refractivity (Wildman–Crippen MR) is 128 cm³/mol. The van der Waals surface area contributed by atoms with E-state index in [1.54, 1.807) is 6.07 Å². The number of benzene rings is 1. The fraction of sp³-hybridized carbons (Fsp3) is 0.654. The molecule has 6 heteroatoms. The van der Waals surface area contributed by atoms with Crippen LogP contribution in [-0.4, -0.2) is 32.6 Å². The lowest BCUT2D eigenvalue weighted by molar-refractivity contribution is -0.139. The molecular weight excluding hydrogens is 402 g/mol. The average Bonchev–Trinajstić information content (AvgIpc) is 3.40. The Morgan fingerprint density at radius 3 is 2.47 bits per heavy atom. The number of hydrogen-bond acceptors (Lipinski definition) is 3. The van der Waals surface area contributed by atoms with E-state index >= 15 is 0 Å². The number of carbonyl (C=O) groups excluding carboxylic acids is 1. The molecule has 1 heterocycles. The first-order valence-corrected chi connectivity index (χ1v) is 12.3. The number of carboxylic acids is 1. The number of aromatic nitrogens is 2. The van der Waals surface area contributed by atoms with Crippen LogP contribution in [-0.2, 0) is 17.8 Å². The van der Waals surface area contributed by atoms with Crippen molar-refractivity contribution in [1.29, 1.82) is 0 Å². The summed E-state index contributed by atoms with van der Waals surface area (Å²) in [6, 6.07) is 4.71. The number of hydrogen-bond donors (Lipinski definition) is 2. The summed E-state index contributed by atoms with van der Waals surface area (Å²) in [6.07, 6.45) is 8.56. The second-order valence-electron chi connectivity index (χ2n) is 9.82. The molecule has 0 saturated heterocycles. The summed E-state index contributed by atoms with van der Waals surface area (Å²) in [4.78, 5) is 29.5. The number of carbonyl (C=O) groups is 2. The lowest BCUT2D eigenvalue weighted by Gasteiger charge is -2.18. The molecule has 1 aliphatic carbocycles. The summed E-state index contributed by atoms with van der Waals surface area (Å²) in [7, 11) is 0. The second kappa shape index (κ2) is 11.0. The molecule has 0 radical (unpaired) electrons. The van der Waals surface area contributed by atoms with Crippen LogP contribution in [0.25, 0.3) is 11.0 Å². The Morgan fingerprint density at radius 1 is 1.16 bits per heavy atom. The van der Waals surface area contributed by atoms with Gasteiger partial charge in [0.15, 0.2) is 0 Å². The molecule has 0 bridgehead atoms. The number of imidazole rings is 1. The van der Waals surface area contributed by atoms with Crippen molar-refractivity contribution in [1.82, 2.24) is 14.9 Å². The summed E-state index contributed by atoms with van der Waals surface area (Å²) >= 11 is 0. The Balaban J connectivity index is 1.86. The topological polar surface area (TPSA) is 84.2 Å². The molecule has 32 heavy (non-hydrogen) atoms. The van der Waals surface area contributed by atoms with Gasteiger partial charge in [-0.15, -0.1) is 0 Å². The van der Waals surface area contributed by atoms with Gasteiger partial charge in [-0.25, -0.2) is 9.78 Å². The van der Waals surface area contributed by atoms with Crippen LogP contribution in [0, 0.1) is 17.8 Å². The highest BCUT2D eigenvalue weighted by atomic mass is 16.4. The fourth-order valence-electron chi connectivity index (χ4n) is 4.63. The van der Waals surface area contributed by atoms with Gasteiger partial charge in [0, 0.05) is 18.5 Å². The lowest BCUT2D eigenvalue weighted by atomic mass is 9.99.